The van der Waals surface area contributed by atoms with E-state index in [9.17, 15) is 0 Å². The van der Waals surface area contributed by atoms with Crippen molar-refractivity contribution < 1.29 is 4.72 Å². The highest BCUT2D eigenvalue weighted by Gasteiger charge is 2.40. The molecule has 0 amide bonds. The Morgan fingerprint density at radius 2 is 0.485 bits per heavy atom. The van der Waals surface area contributed by atoms with E-state index in [0.29, 0.717) is 0 Å². The Morgan fingerprint density at radius 3 is 0.753 bits per heavy atom. The topological polar surface area (TPSA) is 25.8 Å². The van der Waals surface area contributed by atoms with Gasteiger partial charge in [-0.3, -0.25) is 14.7 Å². The van der Waals surface area contributed by atoms with Gasteiger partial charge in [0.2, 0.25) is 0 Å². The lowest BCUT2D eigenvalue weighted by Gasteiger charge is -2.25. The van der Waals surface area contributed by atoms with Gasteiger partial charge in [0.1, 0.15) is 0 Å². The summed E-state index contributed by atoms with van der Waals surface area (Å²) in [7, 11) is 14.0. The molecule has 0 N–H and O–H groups in total. The second-order valence-electron chi connectivity index (χ2n) is 28.6. The number of hydrogen-bond donors (Lipinski definition) is 0. The molecule has 18 rings (SSSR count). The summed E-state index contributed by atoms with van der Waals surface area (Å²) in [5, 5.41) is 2.26. The molecular formula is C90H71B4FN2. The van der Waals surface area contributed by atoms with Crippen molar-refractivity contribution in [1.82, 2.24) is 9.97 Å². The molecule has 0 saturated heterocycles. The van der Waals surface area contributed by atoms with Gasteiger partial charge in [0.25, 0.3) is 1.45 Å². The second-order valence-corrected chi connectivity index (χ2v) is 28.6. The van der Waals surface area contributed by atoms with Gasteiger partial charge < -0.3 is 0 Å². The molecule has 0 fully saturated rings. The number of benzene rings is 12. The molecule has 0 unspecified atom stereocenters. The first-order chi connectivity index (χ1) is 47.4. The predicted octanol–water partition coefficient (Wildman–Crippen LogP) is 22.3. The first kappa shape index (κ1) is 61.5. The fourth-order valence-corrected chi connectivity index (χ4v) is 16.6. The highest BCUT2D eigenvalue weighted by molar-refractivity contribution is 7.49. The van der Waals surface area contributed by atoms with Gasteiger partial charge in [-0.25, -0.2) is 0 Å². The van der Waals surface area contributed by atoms with Gasteiger partial charge in [0.05, 0.1) is 11.0 Å². The minimum atomic E-state index is -0.667. The zero-order valence-electron chi connectivity index (χ0n) is 57.1. The summed E-state index contributed by atoms with van der Waals surface area (Å²) < 4.78 is 13.0. The van der Waals surface area contributed by atoms with Gasteiger partial charge >= 0.3 is 0 Å². The SMILES string of the molecule is CC1(C)c2ccccc2-c2ccc(-c3cc(-c4ccc5c(c4)C(C)(C)c4ccccc4-5)c(-c4ccc5c(c4)C(C)(C)c4ccccc4-5)cc3-c3ccc4c(c3)C(C)(C)c3ccccc3-4)cc21.[3H]F.[B]B([B])[B].c1ccc(-c2ccnc3c2ccc2c(-c4ccccc4)ccnc23)cc1. The highest BCUT2D eigenvalue weighted by atomic mass is 19.0. The fourth-order valence-electron chi connectivity index (χ4n) is 16.6. The molecule has 0 spiro atoms. The maximum absolute atomic E-state index is 8.75. The van der Waals surface area contributed by atoms with Crippen LogP contribution in [-0.2, 0) is 21.7 Å². The Kier molecular flexibility index (Phi) is 15.1. The molecule has 0 atom stereocenters. The van der Waals surface area contributed by atoms with Crippen LogP contribution in [0.1, 0.15) is 99.9 Å². The smallest absolute Gasteiger partial charge is 0.269 e. The molecule has 4 aliphatic carbocycles. The summed E-state index contributed by atoms with van der Waals surface area (Å²) in [6, 6.07) is 99.7. The number of pyridine rings is 2. The summed E-state index contributed by atoms with van der Waals surface area (Å²) >= 11 is 0. The van der Waals surface area contributed by atoms with Crippen molar-refractivity contribution in [3.63, 3.8) is 0 Å². The summed E-state index contributed by atoms with van der Waals surface area (Å²) in [5.74, 6) is 0. The van der Waals surface area contributed by atoms with Crippen LogP contribution in [0.25, 0.3) is 133 Å². The Bertz CT molecular complexity index is 4910. The van der Waals surface area contributed by atoms with Crippen molar-refractivity contribution in [2.24, 2.45) is 0 Å². The van der Waals surface area contributed by atoms with Crippen LogP contribution in [-0.4, -0.2) is 41.0 Å². The van der Waals surface area contributed by atoms with E-state index in [-0.39, 0.29) is 21.7 Å². The summed E-state index contributed by atoms with van der Waals surface area (Å²) in [5.41, 5.74) is 38.1. The number of halogens is 1. The first-order valence-corrected chi connectivity index (χ1v) is 33.6. The van der Waals surface area contributed by atoms with E-state index in [2.05, 4.69) is 345 Å². The summed E-state index contributed by atoms with van der Waals surface area (Å²) in [6.07, 6.45) is 3.09. The number of nitrogens with zero attached hydrogens (tertiary/aromatic N) is 2. The third-order valence-corrected chi connectivity index (χ3v) is 21.5. The molecule has 2 aromatic heterocycles. The average molecular weight is 1240 g/mol. The number of aromatic nitrogens is 2. The molecule has 97 heavy (non-hydrogen) atoms. The van der Waals surface area contributed by atoms with E-state index < -0.39 is 6.39 Å². The predicted molar refractivity (Wildman–Crippen MR) is 412 cm³/mol. The minimum absolute atomic E-state index is 0.121. The lowest BCUT2D eigenvalue weighted by molar-refractivity contribution is 0.660. The zero-order valence-corrected chi connectivity index (χ0v) is 56.1. The van der Waals surface area contributed by atoms with E-state index in [0.717, 1.165) is 21.8 Å². The molecule has 0 bridgehead atoms. The van der Waals surface area contributed by atoms with E-state index in [4.69, 9.17) is 4.72 Å². The minimum Gasteiger partial charge on any atom is -0.269 e. The second kappa shape index (κ2) is 23.8. The molecule has 14 aromatic rings. The van der Waals surface area contributed by atoms with Gasteiger partial charge in [-0.2, -0.15) is 0 Å². The van der Waals surface area contributed by atoms with Crippen molar-refractivity contribution >= 4 is 51.4 Å². The molecule has 4 aliphatic rings. The van der Waals surface area contributed by atoms with Gasteiger partial charge in [-0.15, -0.1) is 0 Å². The number of rotatable bonds is 6. The largest absolute Gasteiger partial charge is 0.269 e. The molecular weight excluding hydrogens is 1170 g/mol. The van der Waals surface area contributed by atoms with Gasteiger partial charge in [0, 0.05) is 74.4 Å². The van der Waals surface area contributed by atoms with Gasteiger partial charge in [-0.1, -0.05) is 274 Å². The van der Waals surface area contributed by atoms with Crippen molar-refractivity contribution in [1.29, 1.82) is 1.45 Å². The van der Waals surface area contributed by atoms with Crippen LogP contribution in [0.3, 0.4) is 0 Å². The van der Waals surface area contributed by atoms with E-state index in [1.54, 1.807) is 0 Å². The van der Waals surface area contributed by atoms with Crippen LogP contribution in [0.5, 0.6) is 0 Å². The zero-order chi connectivity index (χ0) is 68.0. The van der Waals surface area contributed by atoms with E-state index in [1.807, 2.05) is 24.5 Å². The normalized spacial score (nSPS) is 14.4. The molecule has 0 aliphatic heterocycles. The van der Waals surface area contributed by atoms with E-state index >= 15 is 0 Å². The molecule has 7 heteroatoms. The molecule has 2 heterocycles. The van der Waals surface area contributed by atoms with Crippen LogP contribution in [0.15, 0.2) is 279 Å². The van der Waals surface area contributed by atoms with Crippen molar-refractivity contribution in [2.45, 2.75) is 77.0 Å². The Hall–Kier alpha value is -10.4. The number of fused-ring (bicyclic) bond motifs is 15. The van der Waals surface area contributed by atoms with Crippen molar-refractivity contribution in [2.75, 3.05) is 0 Å². The lowest BCUT2D eigenvalue weighted by Crippen LogP contribution is -2.15. The van der Waals surface area contributed by atoms with E-state index in [1.165, 1.54) is 156 Å². The average Bonchev–Trinajstić information content (AvgIpc) is 1.60. The Balaban J connectivity index is 0.000000203. The maximum atomic E-state index is 8.75. The van der Waals surface area contributed by atoms with Gasteiger partial charge in [-0.05, 0) is 204 Å². The Morgan fingerprint density at radius 1 is 0.247 bits per heavy atom. The summed E-state index contributed by atoms with van der Waals surface area (Å²) in [6.45, 7) is 19.2. The van der Waals surface area contributed by atoms with Crippen LogP contribution in [0, 0.1) is 0 Å². The Labute approximate surface area is 576 Å². The monoisotopic (exact) mass is 1240 g/mol. The first-order valence-electron chi connectivity index (χ1n) is 34.0. The molecule has 2 nitrogen and oxygen atoms in total. The third kappa shape index (κ3) is 10.2. The third-order valence-electron chi connectivity index (χ3n) is 21.5. The van der Waals surface area contributed by atoms with Gasteiger partial charge in [0.15, 0.2) is 0 Å². The van der Waals surface area contributed by atoms with Crippen LogP contribution in [0.4, 0.5) is 4.72 Å². The summed E-state index contributed by atoms with van der Waals surface area (Å²) in [4.78, 5) is 9.34. The molecule has 12 aromatic carbocycles. The fraction of sp³-hybridized carbons (Fsp3) is 0.133. The standard InChI is InChI=1S/C66H54.C24H16N2.B4.FH/c1-63(2)55-21-13-9-17-43(55)47-29-25-39(33-59(47)63)51-37-53(41-27-31-49-45-19-11-15-23-57(45)65(5,6)61(49)35-41)54(42-28-32-50-46-20-12-16-24-58(46)66(7,8)62(50)36-42)38-52(51)40-26-30-48-44-18-10-14-22-56(44)64(3,4)60(48)34-40;1-3-7-17(8-4-1)19-13-15-25-23-21(19)11-12-22-20(14-16-26-24(22)23)18-9-5-2-6-10-18;1-4(2)3;/h9-38H,1-8H3;1-16H;;1H/i/hT. The molecule has 0 saturated carbocycles. The van der Waals surface area contributed by atoms with Crippen molar-refractivity contribution in [3.8, 4) is 111 Å². The maximum Gasteiger partial charge on any atom is 0.269 e. The molecule has 460 valence electrons. The van der Waals surface area contributed by atoms with Crippen LogP contribution >= 0.6 is 0 Å². The van der Waals surface area contributed by atoms with Crippen LogP contribution < -0.4 is 0 Å². The quantitative estimate of drug-likeness (QED) is 0.122. The lowest BCUT2D eigenvalue weighted by atomic mass is 9.08. The highest BCUT2D eigenvalue weighted by Crippen LogP contribution is 2.56. The van der Waals surface area contributed by atoms with Crippen molar-refractivity contribution in [3.05, 3.63) is 324 Å². The molecule has 6 radical (unpaired) electrons. The number of hydrogen-bond acceptors (Lipinski definition) is 2. The van der Waals surface area contributed by atoms with Crippen LogP contribution in [0.2, 0.25) is 0 Å².